The number of ketones is 2. The topological polar surface area (TPSA) is 190 Å². The zero-order chi connectivity index (χ0) is 72.6. The first-order valence-corrected chi connectivity index (χ1v) is 45.5. The highest BCUT2D eigenvalue weighted by Crippen LogP contribution is 2.48. The highest BCUT2D eigenvalue weighted by atomic mass is 28.4. The Kier molecular flexibility index (Phi) is 28.8. The van der Waals surface area contributed by atoms with Gasteiger partial charge in [-0.05, 0) is 161 Å². The Labute approximate surface area is 609 Å². The second-order valence-corrected chi connectivity index (χ2v) is 45.0. The Hall–Kier alpha value is -2.36. The largest absolute Gasteiger partial charge is 0.459 e. The predicted molar refractivity (Wildman–Crippen MR) is 395 cm³/mol. The number of unbranched alkanes of at least 4 members (excludes halogenated alkanes) is 1. The van der Waals surface area contributed by atoms with Crippen LogP contribution in [0.25, 0.3) is 0 Å². The molecule has 10 fully saturated rings. The molecule has 0 amide bonds. The summed E-state index contributed by atoms with van der Waals surface area (Å²) in [7, 11) is -2.32. The van der Waals surface area contributed by atoms with Crippen molar-refractivity contribution in [2.45, 2.75) is 393 Å². The number of ether oxygens (including phenoxy) is 13. The minimum absolute atomic E-state index is 0.0130. The average Bonchev–Trinajstić information content (AvgIpc) is 1.73. The van der Waals surface area contributed by atoms with Crippen LogP contribution in [0, 0.1) is 17.8 Å². The van der Waals surface area contributed by atoms with Crippen molar-refractivity contribution in [2.75, 3.05) is 33.5 Å². The van der Waals surface area contributed by atoms with Crippen molar-refractivity contribution in [2.24, 2.45) is 17.8 Å². The molecule has 10 rings (SSSR count). The molecule has 0 N–H and O–H groups in total. The summed E-state index contributed by atoms with van der Waals surface area (Å²) in [6, 6.07) is 0. The number of hydrogen-bond acceptors (Lipinski definition) is 18. The third kappa shape index (κ3) is 21.8. The smallest absolute Gasteiger partial charge is 0.308 e. The van der Waals surface area contributed by atoms with Gasteiger partial charge in [-0.1, -0.05) is 100 Å². The van der Waals surface area contributed by atoms with Gasteiger partial charge >= 0.3 is 5.97 Å². The van der Waals surface area contributed by atoms with E-state index in [2.05, 4.69) is 108 Å². The van der Waals surface area contributed by atoms with Crippen LogP contribution < -0.4 is 0 Å². The summed E-state index contributed by atoms with van der Waals surface area (Å²) in [5, 5.41) is 0.209. The predicted octanol–water partition coefficient (Wildman–Crippen LogP) is 15.7. The number of rotatable bonds is 27. The van der Waals surface area contributed by atoms with E-state index < -0.39 is 65.1 Å². The number of Topliss-reactive ketones (excluding diaryl/α,β-unsaturated/α-hetero) is 1. The minimum atomic E-state index is -2.05. The molecule has 574 valence electrons. The highest BCUT2D eigenvalue weighted by molar-refractivity contribution is 6.74. The molecule has 15 unspecified atom stereocenters. The normalized spacial score (nSPS) is 37.7. The lowest BCUT2D eigenvalue weighted by molar-refractivity contribution is -0.296. The molecule has 9 saturated heterocycles. The van der Waals surface area contributed by atoms with Gasteiger partial charge in [0.2, 0.25) is 0 Å². The molecule has 23 atom stereocenters. The van der Waals surface area contributed by atoms with Crippen molar-refractivity contribution < 1.29 is 84.8 Å². The van der Waals surface area contributed by atoms with Crippen LogP contribution in [0.2, 0.25) is 36.3 Å². The van der Waals surface area contributed by atoms with Crippen LogP contribution in [0.4, 0.5) is 0 Å². The molecule has 0 aromatic rings. The minimum Gasteiger partial charge on any atom is -0.459 e. The zero-order valence-electron chi connectivity index (χ0n) is 64.7. The molecule has 20 heteroatoms. The summed E-state index contributed by atoms with van der Waals surface area (Å²) in [5.41, 5.74) is 2.10. The summed E-state index contributed by atoms with van der Waals surface area (Å²) in [6.07, 6.45) is 16.9. The van der Waals surface area contributed by atoms with Crippen LogP contribution >= 0.6 is 0 Å². The summed E-state index contributed by atoms with van der Waals surface area (Å²) in [4.78, 5) is 42.4. The van der Waals surface area contributed by atoms with Gasteiger partial charge in [-0.15, -0.1) is 6.58 Å². The van der Waals surface area contributed by atoms with Crippen molar-refractivity contribution in [3.05, 3.63) is 49.1 Å². The standard InChI is InChI=1S/C81H134O18Si2/c1-18-37-86-50-75-73-48-74-78-65(93-73)33-31-61(92-78)44-76(84)96-72-47-71-70(95-69(72)45-66-55(6)51(2)40-59(90-66)30-32-64-52(3)41-62(89-64)34-35-81(97-74,98-75)36-38-85-13)46-68(88-58-26-22-23-27-58)67(94-71)43-57(83)25-21-19-20-24-56(82)39-53(4)77-54(5)42-60(91-77)28-29-63(99-101(16,17)80(10,11)12)49-87-100(14,15)79(7,8)9/h18,21,25,51,53-54,58-75,77-78H,1,3,6,19-20,22-24,26-50H2,2,4-5,7-17H3/b25-21+/t51-,53+,54?,59?,60?,61?,62?,63-,64?,65?,66?,67?,68?,69+,70+,71+,72?,73?,74?,75?,77?,78+,81-/m1/s1. The first-order chi connectivity index (χ1) is 47.9. The van der Waals surface area contributed by atoms with E-state index in [1.807, 2.05) is 6.08 Å². The molecule has 9 aliphatic heterocycles. The van der Waals surface area contributed by atoms with Crippen molar-refractivity contribution in [3.63, 3.8) is 0 Å². The Morgan fingerprint density at radius 3 is 2.17 bits per heavy atom. The number of hydrogen-bond donors (Lipinski definition) is 0. The van der Waals surface area contributed by atoms with Gasteiger partial charge in [-0.2, -0.15) is 0 Å². The Bertz CT molecular complexity index is 2760. The molecule has 0 radical (unpaired) electrons. The van der Waals surface area contributed by atoms with Crippen LogP contribution in [0.3, 0.4) is 0 Å². The van der Waals surface area contributed by atoms with Crippen LogP contribution in [-0.4, -0.2) is 196 Å². The van der Waals surface area contributed by atoms with E-state index in [0.29, 0.717) is 116 Å². The van der Waals surface area contributed by atoms with Gasteiger partial charge in [0.15, 0.2) is 28.2 Å². The summed E-state index contributed by atoms with van der Waals surface area (Å²) in [6.45, 7) is 44.4. The molecule has 10 aliphatic rings. The van der Waals surface area contributed by atoms with Crippen molar-refractivity contribution in [1.29, 1.82) is 0 Å². The van der Waals surface area contributed by atoms with Crippen molar-refractivity contribution in [1.82, 2.24) is 0 Å². The van der Waals surface area contributed by atoms with E-state index in [4.69, 9.17) is 70.4 Å². The quantitative estimate of drug-likeness (QED) is 0.0248. The highest BCUT2D eigenvalue weighted by Gasteiger charge is 2.55. The summed E-state index contributed by atoms with van der Waals surface area (Å²) in [5.74, 6) is -0.621. The average molecular weight is 1450 g/mol. The van der Waals surface area contributed by atoms with Gasteiger partial charge < -0.3 is 70.4 Å². The van der Waals surface area contributed by atoms with Gasteiger partial charge in [0.05, 0.1) is 137 Å². The summed E-state index contributed by atoms with van der Waals surface area (Å²) < 4.78 is 102. The van der Waals surface area contributed by atoms with Gasteiger partial charge in [0.25, 0.3) is 0 Å². The first kappa shape index (κ1) is 81.2. The van der Waals surface area contributed by atoms with E-state index in [1.165, 1.54) is 0 Å². The van der Waals surface area contributed by atoms with Gasteiger partial charge in [0.1, 0.15) is 24.1 Å². The molecular weight excluding hydrogens is 1320 g/mol. The lowest BCUT2D eigenvalue weighted by atomic mass is 9.82. The zero-order valence-corrected chi connectivity index (χ0v) is 66.7. The number of allylic oxidation sites excluding steroid dienone is 2. The Morgan fingerprint density at radius 1 is 0.723 bits per heavy atom. The monoisotopic (exact) mass is 1450 g/mol. The lowest BCUT2D eigenvalue weighted by Crippen LogP contribution is -2.58. The fourth-order valence-electron chi connectivity index (χ4n) is 17.3. The SMILES string of the molecule is C=CCOCC1O[C@@]2(CCOC)CCC3CC(=C)C(CCC4C[C@@H](C)C(=C)C(C[C@@H]5O[C@H]6CC(OC7CCCC7)C(CC(=O)/C=C/CCCC(=O)C[C@H](C)C7OC(CC[C@H](CO[Si](C)(C)C(C)(C)C)O[Si](C)(C)C(C)(C)C)CC7C)O[C@H]6CC5OC(=O)CC5CCC6OC1CC(O2)[C@H]6O5)O4)O3. The molecule has 18 nitrogen and oxygen atoms in total. The molecule has 101 heavy (non-hydrogen) atoms. The van der Waals surface area contributed by atoms with Crippen LogP contribution in [-0.2, 0) is 84.8 Å². The second-order valence-electron chi connectivity index (χ2n) is 35.4. The molecule has 0 aromatic carbocycles. The fraction of sp³-hybridized carbons (Fsp3) is 0.864. The Morgan fingerprint density at radius 2 is 1.43 bits per heavy atom. The van der Waals surface area contributed by atoms with Gasteiger partial charge in [-0.3, -0.25) is 14.4 Å². The number of methoxy groups -OCH3 is 1. The number of fused-ring (bicyclic) bond motifs is 9. The third-order valence-electron chi connectivity index (χ3n) is 25.3. The summed E-state index contributed by atoms with van der Waals surface area (Å²) >= 11 is 0. The maximum atomic E-state index is 14.7. The third-order valence-corrected chi connectivity index (χ3v) is 34.3. The van der Waals surface area contributed by atoms with Crippen LogP contribution in [0.5, 0.6) is 0 Å². The molecule has 0 aromatic heterocycles. The number of esters is 1. The van der Waals surface area contributed by atoms with Crippen LogP contribution in [0.1, 0.15) is 229 Å². The molecule has 0 spiro atoms. The van der Waals surface area contributed by atoms with E-state index in [0.717, 1.165) is 81.8 Å². The molecule has 9 bridgehead atoms. The second kappa shape index (κ2) is 35.8. The van der Waals surface area contributed by atoms with E-state index >= 15 is 0 Å². The number of carbonyl (C=O) groups is 3. The first-order valence-electron chi connectivity index (χ1n) is 39.7. The molecular formula is C81H134O18Si2. The van der Waals surface area contributed by atoms with Gasteiger partial charge in [-0.25, -0.2) is 0 Å². The van der Waals surface area contributed by atoms with E-state index in [1.54, 1.807) is 19.3 Å². The fourth-order valence-corrected chi connectivity index (χ4v) is 19.7. The Balaban J connectivity index is 0.770. The van der Waals surface area contributed by atoms with E-state index in [-0.39, 0.29) is 132 Å². The molecule has 1 saturated carbocycles. The van der Waals surface area contributed by atoms with Crippen LogP contribution in [0.15, 0.2) is 49.1 Å². The van der Waals surface area contributed by atoms with Crippen molar-refractivity contribution >= 4 is 34.2 Å². The lowest BCUT2D eigenvalue weighted by Gasteiger charge is -2.49. The molecule has 1 aliphatic carbocycles. The maximum Gasteiger partial charge on any atom is 0.308 e. The molecule has 9 heterocycles. The van der Waals surface area contributed by atoms with Gasteiger partial charge in [0, 0.05) is 64.9 Å². The van der Waals surface area contributed by atoms with Crippen molar-refractivity contribution in [3.8, 4) is 0 Å². The maximum absolute atomic E-state index is 14.7. The number of carbonyl (C=O) groups excluding carboxylic acids is 3. The van der Waals surface area contributed by atoms with E-state index in [9.17, 15) is 14.4 Å².